The highest BCUT2D eigenvalue weighted by molar-refractivity contribution is 7.78. The van der Waals surface area contributed by atoms with Crippen LogP contribution in [0, 0.1) is 0 Å². The maximum atomic E-state index is 13.3. The van der Waals surface area contributed by atoms with Crippen molar-refractivity contribution in [3.8, 4) is 23.0 Å². The smallest absolute Gasteiger partial charge is 0.259 e. The van der Waals surface area contributed by atoms with Crippen LogP contribution in [0.1, 0.15) is 17.5 Å². The van der Waals surface area contributed by atoms with Gasteiger partial charge in [0.25, 0.3) is 11.8 Å². The van der Waals surface area contributed by atoms with Crippen LogP contribution in [0.25, 0.3) is 33.0 Å². The van der Waals surface area contributed by atoms with Gasteiger partial charge in [-0.2, -0.15) is 0 Å². The molecule has 0 saturated carbocycles. The van der Waals surface area contributed by atoms with Gasteiger partial charge in [-0.25, -0.2) is 4.99 Å². The van der Waals surface area contributed by atoms with E-state index in [1.807, 2.05) is 22.9 Å². The standard InChI is InChI=1S/C28H26N4O6S/c1-35-21-8-15-17(12-30-19(15)10-23(21)37-3)25-26(28(34)31-27(25)33)18-13-32(7-5-6-29-14-39)20-11-24(38-4)22(36-2)9-16(18)20/h8-13,30H,5-7H2,1-4H3,(H,31,33,34). The van der Waals surface area contributed by atoms with Crippen molar-refractivity contribution in [1.82, 2.24) is 14.9 Å². The van der Waals surface area contributed by atoms with Crippen molar-refractivity contribution in [2.75, 3.05) is 35.0 Å². The Labute approximate surface area is 229 Å². The number of aryl methyl sites for hydroxylation is 1. The molecule has 2 N–H and O–H groups in total. The zero-order valence-electron chi connectivity index (χ0n) is 21.8. The van der Waals surface area contributed by atoms with Gasteiger partial charge >= 0.3 is 0 Å². The minimum atomic E-state index is -0.484. The topological polar surface area (TPSA) is 116 Å². The summed E-state index contributed by atoms with van der Waals surface area (Å²) in [7, 11) is 6.21. The average Bonchev–Trinajstić information content (AvgIpc) is 3.60. The average molecular weight is 547 g/mol. The van der Waals surface area contributed by atoms with Crippen molar-refractivity contribution in [2.24, 2.45) is 4.99 Å². The van der Waals surface area contributed by atoms with Crippen molar-refractivity contribution in [2.45, 2.75) is 13.0 Å². The molecule has 0 aliphatic carbocycles. The number of rotatable bonds is 10. The molecule has 0 fully saturated rings. The van der Waals surface area contributed by atoms with E-state index in [0.717, 1.165) is 16.4 Å². The van der Waals surface area contributed by atoms with Crippen LogP contribution in [0.2, 0.25) is 0 Å². The molecule has 11 heteroatoms. The van der Waals surface area contributed by atoms with Gasteiger partial charge in [0, 0.05) is 58.5 Å². The Morgan fingerprint density at radius 2 is 1.44 bits per heavy atom. The summed E-state index contributed by atoms with van der Waals surface area (Å²) in [6.07, 6.45) is 4.28. The lowest BCUT2D eigenvalue weighted by Crippen LogP contribution is -2.22. The molecule has 0 radical (unpaired) electrons. The highest BCUT2D eigenvalue weighted by Crippen LogP contribution is 2.43. The molecular formula is C28H26N4O6S. The number of fused-ring (bicyclic) bond motifs is 2. The predicted octanol–water partition coefficient (Wildman–Crippen LogP) is 4.22. The number of carbonyl (C=O) groups is 2. The first-order valence-corrected chi connectivity index (χ1v) is 12.5. The van der Waals surface area contributed by atoms with E-state index in [1.165, 1.54) is 0 Å². The Morgan fingerprint density at radius 3 is 2.08 bits per heavy atom. The fourth-order valence-electron chi connectivity index (χ4n) is 4.99. The van der Waals surface area contributed by atoms with E-state index in [0.29, 0.717) is 59.0 Å². The number of isothiocyanates is 1. The highest BCUT2D eigenvalue weighted by atomic mass is 32.1. The van der Waals surface area contributed by atoms with Gasteiger partial charge in [-0.15, -0.1) is 0 Å². The monoisotopic (exact) mass is 546 g/mol. The maximum absolute atomic E-state index is 13.3. The molecule has 1 aliphatic rings. The molecule has 1 aliphatic heterocycles. The summed E-state index contributed by atoms with van der Waals surface area (Å²) in [5.41, 5.74) is 3.24. The number of aromatic amines is 1. The second kappa shape index (κ2) is 10.6. The summed E-state index contributed by atoms with van der Waals surface area (Å²) >= 11 is 4.68. The number of hydrogen-bond donors (Lipinski definition) is 2. The molecule has 0 spiro atoms. The van der Waals surface area contributed by atoms with Crippen LogP contribution in [-0.4, -0.2) is 61.5 Å². The Bertz CT molecular complexity index is 1710. The minimum absolute atomic E-state index is 0.262. The molecule has 2 aromatic heterocycles. The molecule has 39 heavy (non-hydrogen) atoms. The van der Waals surface area contributed by atoms with Crippen molar-refractivity contribution in [3.63, 3.8) is 0 Å². The summed E-state index contributed by atoms with van der Waals surface area (Å²) in [4.78, 5) is 33.8. The zero-order chi connectivity index (χ0) is 27.7. The van der Waals surface area contributed by atoms with E-state index in [9.17, 15) is 9.59 Å². The summed E-state index contributed by atoms with van der Waals surface area (Å²) in [5, 5.41) is 6.32. The fraction of sp³-hybridized carbons (Fsp3) is 0.250. The van der Waals surface area contributed by atoms with Crippen LogP contribution in [0.5, 0.6) is 23.0 Å². The zero-order valence-corrected chi connectivity index (χ0v) is 22.7. The van der Waals surface area contributed by atoms with Gasteiger partial charge in [0.05, 0.1) is 56.8 Å². The van der Waals surface area contributed by atoms with Crippen molar-refractivity contribution in [3.05, 3.63) is 47.8 Å². The first-order valence-electron chi connectivity index (χ1n) is 12.1. The Morgan fingerprint density at radius 1 is 0.846 bits per heavy atom. The number of amides is 2. The van der Waals surface area contributed by atoms with E-state index in [-0.39, 0.29) is 11.1 Å². The van der Waals surface area contributed by atoms with Gasteiger partial charge in [-0.3, -0.25) is 14.9 Å². The third kappa shape index (κ3) is 4.41. The number of hydrogen-bond acceptors (Lipinski definition) is 8. The number of thiocarbonyl (C=S) groups is 1. The second-order valence-electron chi connectivity index (χ2n) is 8.78. The lowest BCUT2D eigenvalue weighted by atomic mass is 9.95. The van der Waals surface area contributed by atoms with Crippen LogP contribution in [0.3, 0.4) is 0 Å². The SMILES string of the molecule is COc1cc2[nH]cc(C3=C(c4cn(CCCN=C=S)c5cc(OC)c(OC)cc45)C(=O)NC3=O)c2cc1OC. The van der Waals surface area contributed by atoms with Crippen molar-refractivity contribution >= 4 is 62.1 Å². The largest absolute Gasteiger partial charge is 0.493 e. The third-order valence-electron chi connectivity index (χ3n) is 6.78. The lowest BCUT2D eigenvalue weighted by Gasteiger charge is -2.10. The number of methoxy groups -OCH3 is 4. The number of imide groups is 1. The fourth-order valence-corrected chi connectivity index (χ4v) is 5.08. The van der Waals surface area contributed by atoms with Crippen LogP contribution in [0.4, 0.5) is 0 Å². The number of ether oxygens (including phenoxy) is 4. The van der Waals surface area contributed by atoms with E-state index in [4.69, 9.17) is 18.9 Å². The first-order chi connectivity index (χ1) is 18.9. The van der Waals surface area contributed by atoms with Crippen molar-refractivity contribution < 1.29 is 28.5 Å². The molecule has 4 aromatic rings. The minimum Gasteiger partial charge on any atom is -0.493 e. The number of aliphatic imine (C=N–C) groups is 1. The summed E-state index contributed by atoms with van der Waals surface area (Å²) in [5.74, 6) is 1.13. The highest BCUT2D eigenvalue weighted by Gasteiger charge is 2.35. The molecular weight excluding hydrogens is 520 g/mol. The molecule has 0 unspecified atom stereocenters. The molecule has 200 valence electrons. The van der Waals surface area contributed by atoms with Gasteiger partial charge in [-0.1, -0.05) is 0 Å². The van der Waals surface area contributed by atoms with Crippen LogP contribution in [-0.2, 0) is 16.1 Å². The summed E-state index contributed by atoms with van der Waals surface area (Å²) in [6.45, 7) is 1.11. The van der Waals surface area contributed by atoms with Crippen molar-refractivity contribution in [1.29, 1.82) is 0 Å². The predicted molar refractivity (Wildman–Crippen MR) is 151 cm³/mol. The molecule has 10 nitrogen and oxygen atoms in total. The Balaban J connectivity index is 1.77. The maximum Gasteiger partial charge on any atom is 0.259 e. The van der Waals surface area contributed by atoms with Crippen LogP contribution < -0.4 is 24.3 Å². The lowest BCUT2D eigenvalue weighted by molar-refractivity contribution is -0.122. The van der Waals surface area contributed by atoms with Gasteiger partial charge in [0.15, 0.2) is 23.0 Å². The molecule has 5 rings (SSSR count). The first kappa shape index (κ1) is 26.0. The normalized spacial score (nSPS) is 13.1. The summed E-state index contributed by atoms with van der Waals surface area (Å²) < 4.78 is 24.0. The van der Waals surface area contributed by atoms with Crippen LogP contribution >= 0.6 is 12.2 Å². The molecule has 0 bridgehead atoms. The quantitative estimate of drug-likeness (QED) is 0.132. The van der Waals surface area contributed by atoms with Gasteiger partial charge in [-0.05, 0) is 30.8 Å². The van der Waals surface area contributed by atoms with E-state index >= 15 is 0 Å². The third-order valence-corrected chi connectivity index (χ3v) is 6.90. The van der Waals surface area contributed by atoms with E-state index in [1.54, 1.807) is 46.8 Å². The molecule has 0 saturated heterocycles. The Hall–Kier alpha value is -4.60. The van der Waals surface area contributed by atoms with Crippen LogP contribution in [0.15, 0.2) is 41.7 Å². The van der Waals surface area contributed by atoms with Gasteiger partial charge in [0.1, 0.15) is 0 Å². The second-order valence-corrected chi connectivity index (χ2v) is 8.96. The number of H-pyrrole nitrogens is 1. The molecule has 2 aromatic carbocycles. The summed E-state index contributed by atoms with van der Waals surface area (Å²) in [6, 6.07) is 7.25. The number of carbonyl (C=O) groups excluding carboxylic acids is 2. The number of benzene rings is 2. The molecule has 3 heterocycles. The van der Waals surface area contributed by atoms with E-state index < -0.39 is 11.8 Å². The van der Waals surface area contributed by atoms with Gasteiger partial charge < -0.3 is 28.5 Å². The number of nitrogens with zero attached hydrogens (tertiary/aromatic N) is 2. The number of aromatic nitrogens is 2. The molecule has 2 amide bonds. The Kier molecular flexibility index (Phi) is 7.10. The number of nitrogens with one attached hydrogen (secondary N) is 2. The van der Waals surface area contributed by atoms with E-state index in [2.05, 4.69) is 32.7 Å². The van der Waals surface area contributed by atoms with Gasteiger partial charge in [0.2, 0.25) is 0 Å². The molecule has 0 atom stereocenters.